The van der Waals surface area contributed by atoms with Crippen LogP contribution in [0.3, 0.4) is 0 Å². The van der Waals surface area contributed by atoms with Gasteiger partial charge in [-0.2, -0.15) is 0 Å². The van der Waals surface area contributed by atoms with Crippen LogP contribution in [0.5, 0.6) is 0 Å². The molecular weight excluding hydrogens is 402 g/mol. The summed E-state index contributed by atoms with van der Waals surface area (Å²) in [5.74, 6) is 0. The lowest BCUT2D eigenvalue weighted by Crippen LogP contribution is -2.21. The number of hydrogen-bond donors (Lipinski definition) is 0. The smallest absolute Gasteiger partial charge is 0.00877 e. The van der Waals surface area contributed by atoms with Gasteiger partial charge in [-0.15, -0.1) is 0 Å². The Balaban J connectivity index is 0.00000289. The molecule has 0 spiro atoms. The van der Waals surface area contributed by atoms with Crippen molar-refractivity contribution in [1.29, 1.82) is 0 Å². The molecule has 0 unspecified atom stereocenters. The van der Waals surface area contributed by atoms with E-state index in [0.29, 0.717) is 11.3 Å². The van der Waals surface area contributed by atoms with Crippen LogP contribution in [0, 0.1) is 0 Å². The van der Waals surface area contributed by atoms with Crippen LogP contribution >= 0.6 is 7.92 Å². The molecule has 1 heterocycles. The zero-order valence-corrected chi connectivity index (χ0v) is 21.5. The Kier molecular flexibility index (Phi) is 7.41. The summed E-state index contributed by atoms with van der Waals surface area (Å²) in [4.78, 5) is 0. The fraction of sp³-hybridized carbons (Fsp3) is 0.400. The highest BCUT2D eigenvalue weighted by atomic mass is 31.1. The second kappa shape index (κ2) is 9.57. The Morgan fingerprint density at radius 3 is 1.31 bits per heavy atom. The molecule has 3 aromatic rings. The third kappa shape index (κ3) is 5.21. The SMILES string of the molecule is CC(C)(C)c1cc(P2[C@H](c3ccccc3)CC[C@H]2c2ccccc2)cc(C(C)(C)C)c1.[B]. The number of rotatable bonds is 3. The summed E-state index contributed by atoms with van der Waals surface area (Å²) >= 11 is 0. The molecule has 4 rings (SSSR count). The summed E-state index contributed by atoms with van der Waals surface area (Å²) in [5.41, 5.74) is 7.54. The largest absolute Gasteiger partial charge is 0.0622 e. The molecule has 0 nitrogen and oxygen atoms in total. The Morgan fingerprint density at radius 2 is 0.969 bits per heavy atom. The highest BCUT2D eigenvalue weighted by Gasteiger charge is 2.39. The first-order valence-electron chi connectivity index (χ1n) is 11.7. The van der Waals surface area contributed by atoms with Crippen LogP contribution in [0.2, 0.25) is 0 Å². The molecule has 1 aliphatic rings. The molecule has 32 heavy (non-hydrogen) atoms. The normalized spacial score (nSPS) is 19.6. The van der Waals surface area contributed by atoms with Crippen molar-refractivity contribution in [1.82, 2.24) is 0 Å². The van der Waals surface area contributed by atoms with E-state index in [4.69, 9.17) is 0 Å². The minimum atomic E-state index is -0.346. The van der Waals surface area contributed by atoms with Gasteiger partial charge in [0.1, 0.15) is 0 Å². The molecule has 3 aromatic carbocycles. The summed E-state index contributed by atoms with van der Waals surface area (Å²) in [6.45, 7) is 14.1. The quantitative estimate of drug-likeness (QED) is 0.285. The maximum absolute atomic E-state index is 2.55. The van der Waals surface area contributed by atoms with E-state index in [2.05, 4.69) is 120 Å². The summed E-state index contributed by atoms with van der Waals surface area (Å²) in [7, 11) is -0.346. The van der Waals surface area contributed by atoms with Gasteiger partial charge in [-0.1, -0.05) is 128 Å². The molecule has 1 aliphatic heterocycles. The van der Waals surface area contributed by atoms with Gasteiger partial charge in [-0.3, -0.25) is 0 Å². The molecule has 165 valence electrons. The van der Waals surface area contributed by atoms with E-state index in [0.717, 1.165) is 0 Å². The Labute approximate surface area is 199 Å². The molecule has 0 bridgehead atoms. The maximum Gasteiger partial charge on any atom is 0.00877 e. The fourth-order valence-corrected chi connectivity index (χ4v) is 8.37. The van der Waals surface area contributed by atoms with Gasteiger partial charge < -0.3 is 0 Å². The van der Waals surface area contributed by atoms with Crippen molar-refractivity contribution in [3.8, 4) is 0 Å². The van der Waals surface area contributed by atoms with Gasteiger partial charge in [0.05, 0.1) is 0 Å². The molecule has 0 aliphatic carbocycles. The van der Waals surface area contributed by atoms with E-state index in [1.165, 1.54) is 35.1 Å². The van der Waals surface area contributed by atoms with E-state index in [9.17, 15) is 0 Å². The monoisotopic (exact) mass is 439 g/mol. The minimum Gasteiger partial charge on any atom is -0.0622 e. The lowest BCUT2D eigenvalue weighted by molar-refractivity contribution is 0.569. The Morgan fingerprint density at radius 1 is 0.594 bits per heavy atom. The van der Waals surface area contributed by atoms with Gasteiger partial charge in [0, 0.05) is 19.7 Å². The average molecular weight is 439 g/mol. The average Bonchev–Trinajstić information content (AvgIpc) is 3.19. The molecule has 2 heteroatoms. The first kappa shape index (κ1) is 24.8. The predicted molar refractivity (Wildman–Crippen MR) is 144 cm³/mol. The minimum absolute atomic E-state index is 0. The van der Waals surface area contributed by atoms with E-state index >= 15 is 0 Å². The van der Waals surface area contributed by atoms with Gasteiger partial charge in [-0.05, 0) is 51.2 Å². The van der Waals surface area contributed by atoms with Crippen LogP contribution in [0.1, 0.15) is 88.0 Å². The molecule has 0 aromatic heterocycles. The topological polar surface area (TPSA) is 0 Å². The molecule has 3 radical (unpaired) electrons. The van der Waals surface area contributed by atoms with Gasteiger partial charge in [0.2, 0.25) is 0 Å². The highest BCUT2D eigenvalue weighted by molar-refractivity contribution is 7.66. The number of hydrogen-bond acceptors (Lipinski definition) is 0. The van der Waals surface area contributed by atoms with Crippen LogP contribution in [0.15, 0.2) is 78.9 Å². The molecule has 0 saturated carbocycles. The van der Waals surface area contributed by atoms with Crippen molar-refractivity contribution >= 4 is 21.6 Å². The summed E-state index contributed by atoms with van der Waals surface area (Å²) in [6.07, 6.45) is 2.56. The van der Waals surface area contributed by atoms with Gasteiger partial charge in [0.15, 0.2) is 0 Å². The van der Waals surface area contributed by atoms with Crippen LogP contribution in [0.4, 0.5) is 0 Å². The summed E-state index contributed by atoms with van der Waals surface area (Å²) in [6, 6.07) is 30.1. The lowest BCUT2D eigenvalue weighted by Gasteiger charge is -2.32. The second-order valence-corrected chi connectivity index (χ2v) is 13.7. The Bertz CT molecular complexity index is 932. The zero-order valence-electron chi connectivity index (χ0n) is 20.6. The van der Waals surface area contributed by atoms with Crippen molar-refractivity contribution in [3.05, 3.63) is 101 Å². The van der Waals surface area contributed by atoms with E-state index in [1.54, 1.807) is 5.30 Å². The molecule has 0 amide bonds. The van der Waals surface area contributed by atoms with E-state index < -0.39 is 0 Å². The van der Waals surface area contributed by atoms with Crippen molar-refractivity contribution in [2.45, 2.75) is 76.5 Å². The molecule has 0 N–H and O–H groups in total. The first-order valence-corrected chi connectivity index (χ1v) is 13.2. The molecular formula is C30H37BP. The van der Waals surface area contributed by atoms with Crippen molar-refractivity contribution in [2.75, 3.05) is 0 Å². The molecule has 2 atom stereocenters. The summed E-state index contributed by atoms with van der Waals surface area (Å²) < 4.78 is 0. The second-order valence-electron chi connectivity index (χ2n) is 11.1. The third-order valence-electron chi connectivity index (χ3n) is 6.70. The third-order valence-corrected chi connectivity index (χ3v) is 10.0. The van der Waals surface area contributed by atoms with Crippen LogP contribution < -0.4 is 5.30 Å². The summed E-state index contributed by atoms with van der Waals surface area (Å²) in [5, 5.41) is 1.59. The zero-order chi connectivity index (χ0) is 22.2. The molecule has 1 saturated heterocycles. The lowest BCUT2D eigenvalue weighted by atomic mass is 9.81. The van der Waals surface area contributed by atoms with Crippen molar-refractivity contribution in [2.24, 2.45) is 0 Å². The van der Waals surface area contributed by atoms with E-state index in [1.807, 2.05) is 0 Å². The molecule has 1 fully saturated rings. The van der Waals surface area contributed by atoms with Gasteiger partial charge in [-0.25, -0.2) is 0 Å². The van der Waals surface area contributed by atoms with Gasteiger partial charge in [0.25, 0.3) is 0 Å². The van der Waals surface area contributed by atoms with Gasteiger partial charge >= 0.3 is 0 Å². The van der Waals surface area contributed by atoms with Crippen molar-refractivity contribution < 1.29 is 0 Å². The van der Waals surface area contributed by atoms with Crippen LogP contribution in [0.25, 0.3) is 0 Å². The first-order chi connectivity index (χ1) is 14.6. The van der Waals surface area contributed by atoms with Crippen molar-refractivity contribution in [3.63, 3.8) is 0 Å². The standard InChI is InChI=1S/C30H37P.B/c1-29(2,3)24-19-25(30(4,5)6)21-26(20-24)31-27(22-13-9-7-10-14-22)17-18-28(31)23-15-11-8-12-16-23;/h7-16,19-21,27-28H,17-18H2,1-6H3;/t27-,28-;/m0./s1. The highest BCUT2D eigenvalue weighted by Crippen LogP contribution is 2.69. The maximum atomic E-state index is 2.55. The van der Waals surface area contributed by atoms with Crippen LogP contribution in [-0.2, 0) is 10.8 Å². The van der Waals surface area contributed by atoms with Crippen LogP contribution in [-0.4, -0.2) is 8.41 Å². The fourth-order valence-electron chi connectivity index (χ4n) is 4.80. The number of benzene rings is 3. The Hall–Kier alpha value is -1.85. The van der Waals surface area contributed by atoms with E-state index in [-0.39, 0.29) is 27.2 Å². The predicted octanol–water partition coefficient (Wildman–Crippen LogP) is 8.28.